The van der Waals surface area contributed by atoms with Crippen LogP contribution in [0.2, 0.25) is 0 Å². The smallest absolute Gasteiger partial charge is 0.0213 e. The number of hydrogen-bond acceptors (Lipinski definition) is 0. The van der Waals surface area contributed by atoms with Crippen molar-refractivity contribution in [1.82, 2.24) is 0 Å². The van der Waals surface area contributed by atoms with Gasteiger partial charge in [0.05, 0.1) is 0 Å². The molecule has 0 aliphatic heterocycles. The molecule has 0 spiro atoms. The Morgan fingerprint density at radius 3 is 1.59 bits per heavy atom. The second kappa shape index (κ2) is 14.1. The number of rotatable bonds is 6. The van der Waals surface area contributed by atoms with Gasteiger partial charge >= 0.3 is 0 Å². The molecule has 0 N–H and O–H groups in total. The fraction of sp³-hybridized carbons (Fsp3) is 1.00. The highest BCUT2D eigenvalue weighted by atomic mass is 14.7. The molecule has 0 saturated heterocycles. The van der Waals surface area contributed by atoms with E-state index >= 15 is 0 Å². The zero-order chi connectivity index (χ0) is 27.1. The monoisotopic (exact) mass is 479 g/mol. The lowest BCUT2D eigenvalue weighted by atomic mass is 9.38. The van der Waals surface area contributed by atoms with Crippen LogP contribution in [0.4, 0.5) is 0 Å². The van der Waals surface area contributed by atoms with Crippen LogP contribution in [0.3, 0.4) is 0 Å². The lowest BCUT2D eigenvalue weighted by molar-refractivity contribution is -0.175. The van der Waals surface area contributed by atoms with E-state index in [9.17, 15) is 0 Å². The molecule has 2 aliphatic carbocycles. The van der Waals surface area contributed by atoms with Crippen molar-refractivity contribution in [2.75, 3.05) is 0 Å². The minimum Gasteiger partial charge on any atom is -0.0683 e. The summed E-state index contributed by atoms with van der Waals surface area (Å²) in [5.41, 5.74) is 1.34. The predicted molar refractivity (Wildman–Crippen MR) is 158 cm³/mol. The van der Waals surface area contributed by atoms with Crippen molar-refractivity contribution >= 4 is 0 Å². The SMILES string of the molecule is CC.CCC(C)C.CCCC1(C)C(C)(C(C)C)CCC(C)C1(C)CC1C(C)C(C)CC(C)C1C. The summed E-state index contributed by atoms with van der Waals surface area (Å²) in [7, 11) is 0. The Kier molecular flexibility index (Phi) is 14.1. The van der Waals surface area contributed by atoms with E-state index in [4.69, 9.17) is 0 Å². The first-order valence-corrected chi connectivity index (χ1v) is 15.6. The molecule has 2 saturated carbocycles. The van der Waals surface area contributed by atoms with Crippen molar-refractivity contribution in [3.8, 4) is 0 Å². The molecule has 0 aromatic carbocycles. The first-order valence-electron chi connectivity index (χ1n) is 15.6. The van der Waals surface area contributed by atoms with Crippen LogP contribution in [-0.4, -0.2) is 0 Å². The molecule has 2 fully saturated rings. The van der Waals surface area contributed by atoms with Crippen molar-refractivity contribution in [2.45, 2.75) is 156 Å². The maximum Gasteiger partial charge on any atom is -0.0213 e. The molecule has 0 aromatic rings. The van der Waals surface area contributed by atoms with Crippen molar-refractivity contribution in [1.29, 1.82) is 0 Å². The van der Waals surface area contributed by atoms with Gasteiger partial charge in [0.1, 0.15) is 0 Å². The quantitative estimate of drug-likeness (QED) is 0.356. The Hall–Kier alpha value is 0. The zero-order valence-electron chi connectivity index (χ0n) is 27.1. The molecule has 34 heavy (non-hydrogen) atoms. The van der Waals surface area contributed by atoms with Crippen molar-refractivity contribution in [2.24, 2.45) is 63.6 Å². The molecule has 2 rings (SSSR count). The largest absolute Gasteiger partial charge is 0.0683 e. The van der Waals surface area contributed by atoms with Gasteiger partial charge in [0.2, 0.25) is 0 Å². The molecular weight excluding hydrogens is 408 g/mol. The molecule has 8 atom stereocenters. The van der Waals surface area contributed by atoms with Gasteiger partial charge in [0.25, 0.3) is 0 Å². The molecule has 0 bridgehead atoms. The second-order valence-corrected chi connectivity index (χ2v) is 14.1. The van der Waals surface area contributed by atoms with Gasteiger partial charge in [-0.3, -0.25) is 0 Å². The molecule has 0 heterocycles. The van der Waals surface area contributed by atoms with E-state index in [-0.39, 0.29) is 0 Å². The minimum absolute atomic E-state index is 0.434. The maximum atomic E-state index is 2.72. The van der Waals surface area contributed by atoms with Crippen LogP contribution in [0.15, 0.2) is 0 Å². The van der Waals surface area contributed by atoms with Gasteiger partial charge in [0, 0.05) is 0 Å². The molecule has 8 unspecified atom stereocenters. The summed E-state index contributed by atoms with van der Waals surface area (Å²) >= 11 is 0. The van der Waals surface area contributed by atoms with Crippen LogP contribution in [0.1, 0.15) is 156 Å². The normalized spacial score (nSPS) is 42.5. The Labute approximate surface area is 219 Å². The lowest BCUT2D eigenvalue weighted by Crippen LogP contribution is -2.59. The van der Waals surface area contributed by atoms with Crippen LogP contribution in [0, 0.1) is 63.6 Å². The summed E-state index contributed by atoms with van der Waals surface area (Å²) in [5.74, 6) is 6.90. The fourth-order valence-corrected chi connectivity index (χ4v) is 7.93. The predicted octanol–water partition coefficient (Wildman–Crippen LogP) is 11.9. The highest BCUT2D eigenvalue weighted by Gasteiger charge is 2.61. The summed E-state index contributed by atoms with van der Waals surface area (Å²) in [6.45, 7) is 38.9. The Morgan fingerprint density at radius 1 is 0.794 bits per heavy atom. The third-order valence-electron chi connectivity index (χ3n) is 12.1. The van der Waals surface area contributed by atoms with Crippen LogP contribution in [0.25, 0.3) is 0 Å². The fourth-order valence-electron chi connectivity index (χ4n) is 7.93. The van der Waals surface area contributed by atoms with Gasteiger partial charge in [0.15, 0.2) is 0 Å². The van der Waals surface area contributed by atoms with Crippen LogP contribution in [0.5, 0.6) is 0 Å². The molecule has 0 radical (unpaired) electrons. The van der Waals surface area contributed by atoms with Gasteiger partial charge in [-0.25, -0.2) is 0 Å². The minimum atomic E-state index is 0.434. The Balaban J connectivity index is 0.00000138. The summed E-state index contributed by atoms with van der Waals surface area (Å²) in [6.07, 6.45) is 9.74. The summed E-state index contributed by atoms with van der Waals surface area (Å²) in [5, 5.41) is 0. The van der Waals surface area contributed by atoms with Crippen LogP contribution < -0.4 is 0 Å². The molecular formula is C34H70. The first kappa shape index (κ1) is 34.0. The summed E-state index contributed by atoms with van der Waals surface area (Å²) in [4.78, 5) is 0. The van der Waals surface area contributed by atoms with Crippen molar-refractivity contribution in [3.05, 3.63) is 0 Å². The highest BCUT2D eigenvalue weighted by molar-refractivity contribution is 5.10. The molecule has 0 heteroatoms. The Bertz CT molecular complexity index is 532. The maximum absolute atomic E-state index is 2.72. The topological polar surface area (TPSA) is 0 Å². The molecule has 2 aliphatic rings. The van der Waals surface area contributed by atoms with Gasteiger partial charge in [-0.1, -0.05) is 124 Å². The van der Waals surface area contributed by atoms with Crippen LogP contribution in [-0.2, 0) is 0 Å². The average molecular weight is 479 g/mol. The number of hydrogen-bond donors (Lipinski definition) is 0. The second-order valence-electron chi connectivity index (χ2n) is 14.1. The summed E-state index contributed by atoms with van der Waals surface area (Å²) < 4.78 is 0. The van der Waals surface area contributed by atoms with Crippen molar-refractivity contribution in [3.63, 3.8) is 0 Å². The lowest BCUT2D eigenvalue weighted by Gasteiger charge is -2.66. The summed E-state index contributed by atoms with van der Waals surface area (Å²) in [6, 6.07) is 0. The molecule has 206 valence electrons. The highest BCUT2D eigenvalue weighted by Crippen LogP contribution is 2.69. The Morgan fingerprint density at radius 2 is 1.24 bits per heavy atom. The average Bonchev–Trinajstić information content (AvgIpc) is 2.79. The first-order chi connectivity index (χ1) is 15.6. The van der Waals surface area contributed by atoms with E-state index in [1.807, 2.05) is 13.8 Å². The van der Waals surface area contributed by atoms with Gasteiger partial charge in [-0.15, -0.1) is 0 Å². The third kappa shape index (κ3) is 6.85. The van der Waals surface area contributed by atoms with E-state index in [2.05, 4.69) is 96.9 Å². The van der Waals surface area contributed by atoms with E-state index in [0.29, 0.717) is 16.2 Å². The molecule has 0 aromatic heterocycles. The van der Waals surface area contributed by atoms with Crippen molar-refractivity contribution < 1.29 is 0 Å². The van der Waals surface area contributed by atoms with Gasteiger partial charge in [-0.2, -0.15) is 0 Å². The van der Waals surface area contributed by atoms with E-state index in [1.165, 1.54) is 44.9 Å². The zero-order valence-corrected chi connectivity index (χ0v) is 27.1. The van der Waals surface area contributed by atoms with E-state index < -0.39 is 0 Å². The molecule has 0 nitrogen and oxygen atoms in total. The van der Waals surface area contributed by atoms with E-state index in [1.54, 1.807) is 0 Å². The standard InChI is InChI=1S/C27H52.C5H12.C2H6/c1-12-14-27(11)25(9,18(2)3)15-13-21(6)26(27,10)17-24-22(7)19(4)16-20(5)23(24)8;1-4-5(2)3;1-2/h18-24H,12-17H2,1-11H3;5H,4H2,1-3H3;1-2H3. The van der Waals surface area contributed by atoms with E-state index in [0.717, 1.165) is 47.3 Å². The third-order valence-corrected chi connectivity index (χ3v) is 12.1. The van der Waals surface area contributed by atoms with Gasteiger partial charge < -0.3 is 0 Å². The van der Waals surface area contributed by atoms with Crippen LogP contribution >= 0.6 is 0 Å². The van der Waals surface area contributed by atoms with Gasteiger partial charge in [-0.05, 0) is 95.7 Å². The molecule has 0 amide bonds.